The van der Waals surface area contributed by atoms with Crippen molar-refractivity contribution in [2.75, 3.05) is 7.11 Å². The minimum atomic E-state index is -4.35. The van der Waals surface area contributed by atoms with Gasteiger partial charge in [-0.2, -0.15) is 0 Å². The van der Waals surface area contributed by atoms with Gasteiger partial charge >= 0.3 is 21.2 Å². The van der Waals surface area contributed by atoms with Gasteiger partial charge in [0.1, 0.15) is 10.1 Å². The van der Waals surface area contributed by atoms with Crippen molar-refractivity contribution >= 4 is 10.1 Å². The minimum absolute atomic E-state index is 0.0501. The molecule has 202 valence electrons. The molecule has 0 heterocycles. The molecule has 3 aromatic carbocycles. The summed E-state index contributed by atoms with van der Waals surface area (Å²) in [5.41, 5.74) is 0.664. The lowest BCUT2D eigenvalue weighted by Crippen LogP contribution is -3.61. The van der Waals surface area contributed by atoms with Crippen LogP contribution in [0.5, 0.6) is 5.75 Å². The molecular weight excluding hydrogens is 595 g/mol. The minimum Gasteiger partial charge on any atom is -0.744 e. The normalized spacial score (nSPS) is 11.0. The molecule has 6 heteroatoms. The average Bonchev–Trinajstić information content (AvgIpc) is 2.91. The van der Waals surface area contributed by atoms with Crippen LogP contribution >= 0.6 is 0 Å². The largest absolute Gasteiger partial charge is 0.744 e. The van der Waals surface area contributed by atoms with E-state index in [1.807, 2.05) is 12.1 Å². The molecule has 0 radical (unpaired) electrons. The fourth-order valence-electron chi connectivity index (χ4n) is 4.04. The fourth-order valence-corrected chi connectivity index (χ4v) is 7.28. The molecule has 0 unspecified atom stereocenters. The van der Waals surface area contributed by atoms with Crippen LogP contribution in [0.2, 0.25) is 0 Å². The number of hydrogen-bond acceptors (Lipinski definition) is 4. The smallest absolute Gasteiger partial charge is 0.362 e. The Bertz CT molecular complexity index is 1120. The maximum atomic E-state index is 11.2. The Hall–Kier alpha value is -1.90. The fraction of sp³-hybridized carbons (Fsp3) is 0.419. The topological polar surface area (TPSA) is 66.4 Å². The van der Waals surface area contributed by atoms with Gasteiger partial charge in [-0.1, -0.05) is 113 Å². The van der Waals surface area contributed by atoms with Crippen LogP contribution in [0.4, 0.5) is 0 Å². The molecule has 4 nitrogen and oxygen atoms in total. The number of para-hydroxylation sites is 1. The molecule has 0 aliphatic heterocycles. The molecular formula is C31H41IO4S. The Kier molecular flexibility index (Phi) is 15.5. The highest BCUT2D eigenvalue weighted by molar-refractivity contribution is 7.85. The Morgan fingerprint density at radius 2 is 1.24 bits per heavy atom. The van der Waals surface area contributed by atoms with E-state index in [-0.39, 0.29) is 26.1 Å². The van der Waals surface area contributed by atoms with Crippen molar-refractivity contribution in [1.29, 1.82) is 0 Å². The van der Waals surface area contributed by atoms with Crippen LogP contribution in [-0.4, -0.2) is 20.1 Å². The summed E-state index contributed by atoms with van der Waals surface area (Å²) in [6.07, 6.45) is 13.2. The number of methoxy groups -OCH3 is 1. The molecule has 0 amide bonds. The zero-order chi connectivity index (χ0) is 26.8. The second kappa shape index (κ2) is 18.4. The molecule has 0 spiro atoms. The summed E-state index contributed by atoms with van der Waals surface area (Å²) in [5, 5.41) is 0. The first kappa shape index (κ1) is 31.3. The van der Waals surface area contributed by atoms with Crippen LogP contribution < -0.4 is 25.9 Å². The third-order valence-corrected chi connectivity index (χ3v) is 9.79. The van der Waals surface area contributed by atoms with Crippen molar-refractivity contribution < 1.29 is 38.9 Å². The molecule has 3 rings (SSSR count). The number of hydrogen-bond donors (Lipinski definition) is 0. The van der Waals surface area contributed by atoms with Gasteiger partial charge in [-0.05, 0) is 48.7 Å². The van der Waals surface area contributed by atoms with E-state index >= 15 is 0 Å². The number of halogens is 1. The molecule has 0 bridgehead atoms. The Morgan fingerprint density at radius 3 is 1.86 bits per heavy atom. The first-order chi connectivity index (χ1) is 18.0. The third kappa shape index (κ3) is 12.9. The zero-order valence-corrected chi connectivity index (χ0v) is 25.2. The second-order valence-electron chi connectivity index (χ2n) is 9.02. The van der Waals surface area contributed by atoms with Gasteiger partial charge in [0.25, 0.3) is 0 Å². The summed E-state index contributed by atoms with van der Waals surface area (Å²) in [4.78, 5) is -0.0501. The molecule has 0 fully saturated rings. The van der Waals surface area contributed by atoms with E-state index < -0.39 is 10.1 Å². The van der Waals surface area contributed by atoms with Crippen LogP contribution in [-0.2, 0) is 16.5 Å². The predicted octanol–water partition coefficient (Wildman–Crippen LogP) is 4.88. The first-order valence-corrected chi connectivity index (χ1v) is 16.9. The van der Waals surface area contributed by atoms with Crippen molar-refractivity contribution in [2.45, 2.75) is 82.4 Å². The van der Waals surface area contributed by atoms with Crippen LogP contribution in [0.25, 0.3) is 0 Å². The van der Waals surface area contributed by atoms with Gasteiger partial charge in [0.15, 0.2) is 9.32 Å². The number of benzene rings is 3. The van der Waals surface area contributed by atoms with Gasteiger partial charge in [-0.25, -0.2) is 8.42 Å². The zero-order valence-electron chi connectivity index (χ0n) is 22.2. The highest BCUT2D eigenvalue weighted by Gasteiger charge is 2.19. The lowest BCUT2D eigenvalue weighted by atomic mass is 10.0. The van der Waals surface area contributed by atoms with Crippen LogP contribution in [0, 0.1) is 7.14 Å². The van der Waals surface area contributed by atoms with Gasteiger partial charge in [0, 0.05) is 0 Å². The summed E-state index contributed by atoms with van der Waals surface area (Å²) < 4.78 is 41.6. The van der Waals surface area contributed by atoms with Crippen LogP contribution in [0.3, 0.4) is 0 Å². The van der Waals surface area contributed by atoms with E-state index in [1.165, 1.54) is 64.6 Å². The van der Waals surface area contributed by atoms with Crippen molar-refractivity contribution in [3.05, 3.63) is 91.6 Å². The number of ether oxygens (including phenoxy) is 1. The predicted molar refractivity (Wildman–Crippen MR) is 147 cm³/mol. The number of aryl methyl sites for hydroxylation is 1. The molecule has 3 aromatic rings. The molecule has 37 heavy (non-hydrogen) atoms. The summed E-state index contributed by atoms with van der Waals surface area (Å²) in [6.45, 7) is 2.23. The Labute approximate surface area is 234 Å². The highest BCUT2D eigenvalue weighted by atomic mass is 127. The summed E-state index contributed by atoms with van der Waals surface area (Å²) in [6, 6.07) is 25.4. The van der Waals surface area contributed by atoms with Crippen molar-refractivity contribution in [2.24, 2.45) is 0 Å². The standard InChI is InChI=1S/C18H30O3S.C13H12IO/c1-2-3-4-5-6-7-8-9-10-11-14-17-15-12-13-16-18(17)22(19,20)21;1-15-13-10-6-5-9-12(13)14-11-7-3-2-4-8-11/h12-13,15-16H,2-11,14H2,1H3,(H,19,20,21);2-10H,1H3/q;+1/p-1. The van der Waals surface area contributed by atoms with Crippen LogP contribution in [0.1, 0.15) is 76.7 Å². The lowest BCUT2D eigenvalue weighted by molar-refractivity contribution is -0.598. The monoisotopic (exact) mass is 636 g/mol. The van der Waals surface area contributed by atoms with E-state index in [9.17, 15) is 13.0 Å². The molecule has 0 atom stereocenters. The summed E-state index contributed by atoms with van der Waals surface area (Å²) in [7, 11) is -2.62. The third-order valence-electron chi connectivity index (χ3n) is 6.04. The van der Waals surface area contributed by atoms with E-state index in [0.29, 0.717) is 12.0 Å². The van der Waals surface area contributed by atoms with Gasteiger partial charge < -0.3 is 9.29 Å². The van der Waals surface area contributed by atoms with Gasteiger partial charge in [0.2, 0.25) is 3.57 Å². The molecule has 0 aromatic heterocycles. The molecule has 0 saturated heterocycles. The maximum absolute atomic E-state index is 11.2. The van der Waals surface area contributed by atoms with Gasteiger partial charge in [-0.3, -0.25) is 0 Å². The van der Waals surface area contributed by atoms with Gasteiger partial charge in [0.05, 0.1) is 12.0 Å². The molecule has 0 aliphatic carbocycles. The SMILES string of the molecule is CCCCCCCCCCCCc1ccccc1S(=O)(=O)[O-].COc1ccccc1[I+]c1ccccc1. The van der Waals surface area contributed by atoms with E-state index in [4.69, 9.17) is 4.74 Å². The van der Waals surface area contributed by atoms with Crippen molar-refractivity contribution in [1.82, 2.24) is 0 Å². The number of unbranched alkanes of at least 4 members (excludes halogenated alkanes) is 9. The van der Waals surface area contributed by atoms with Crippen LogP contribution in [0.15, 0.2) is 83.8 Å². The average molecular weight is 637 g/mol. The quantitative estimate of drug-likeness (QED) is 0.136. The van der Waals surface area contributed by atoms with E-state index in [2.05, 4.69) is 49.4 Å². The maximum Gasteiger partial charge on any atom is 0.362 e. The summed E-state index contributed by atoms with van der Waals surface area (Å²) >= 11 is -0.124. The molecule has 0 aliphatic rings. The van der Waals surface area contributed by atoms with Gasteiger partial charge in [-0.15, -0.1) is 0 Å². The highest BCUT2D eigenvalue weighted by Crippen LogP contribution is 2.18. The second-order valence-corrected chi connectivity index (χ2v) is 13.3. The van der Waals surface area contributed by atoms with Crippen molar-refractivity contribution in [3.63, 3.8) is 0 Å². The molecule has 0 N–H and O–H groups in total. The van der Waals surface area contributed by atoms with E-state index in [0.717, 1.165) is 18.6 Å². The number of rotatable bonds is 15. The first-order valence-electron chi connectivity index (χ1n) is 13.3. The van der Waals surface area contributed by atoms with Crippen molar-refractivity contribution in [3.8, 4) is 5.75 Å². The summed E-state index contributed by atoms with van der Waals surface area (Å²) in [5.74, 6) is 1.01. The Morgan fingerprint density at radius 1 is 0.703 bits per heavy atom. The lowest BCUT2D eigenvalue weighted by Gasteiger charge is -2.12. The Balaban J connectivity index is 0.000000278. The molecule has 0 saturated carbocycles. The van der Waals surface area contributed by atoms with E-state index in [1.54, 1.807) is 25.3 Å².